The van der Waals surface area contributed by atoms with Gasteiger partial charge in [0.05, 0.1) is 23.9 Å². The van der Waals surface area contributed by atoms with E-state index in [0.29, 0.717) is 24.6 Å². The van der Waals surface area contributed by atoms with Crippen molar-refractivity contribution in [2.45, 2.75) is 38.5 Å². The highest BCUT2D eigenvalue weighted by molar-refractivity contribution is 5.80. The molecule has 8 nitrogen and oxygen atoms in total. The van der Waals surface area contributed by atoms with Gasteiger partial charge in [-0.2, -0.15) is 0 Å². The number of piperidine rings is 1. The quantitative estimate of drug-likeness (QED) is 0.893. The highest BCUT2D eigenvalue weighted by Crippen LogP contribution is 2.34. The van der Waals surface area contributed by atoms with Gasteiger partial charge < -0.3 is 19.1 Å². The van der Waals surface area contributed by atoms with Crippen LogP contribution in [0.25, 0.3) is 11.3 Å². The van der Waals surface area contributed by atoms with E-state index >= 15 is 0 Å². The summed E-state index contributed by atoms with van der Waals surface area (Å²) in [5.74, 6) is 0.184. The van der Waals surface area contributed by atoms with Gasteiger partial charge in [0.2, 0.25) is 5.91 Å². The molecule has 1 atom stereocenters. The summed E-state index contributed by atoms with van der Waals surface area (Å²) in [4.78, 5) is 24.5. The first-order valence-corrected chi connectivity index (χ1v) is 7.92. The van der Waals surface area contributed by atoms with E-state index in [-0.39, 0.29) is 24.7 Å². The molecule has 1 N–H and O–H groups in total. The van der Waals surface area contributed by atoms with Gasteiger partial charge in [0.1, 0.15) is 0 Å². The van der Waals surface area contributed by atoms with Crippen molar-refractivity contribution in [3.05, 3.63) is 23.7 Å². The number of carbonyl (C=O) groups excluding carboxylic acids is 1. The molecular weight excluding hydrogens is 314 g/mol. The normalized spacial score (nSPS) is 17.9. The van der Waals surface area contributed by atoms with Crippen LogP contribution in [0.1, 0.15) is 43.1 Å². The van der Waals surface area contributed by atoms with Gasteiger partial charge in [-0.3, -0.25) is 9.59 Å². The molecule has 1 unspecified atom stereocenters. The number of amides is 1. The number of aryl methyl sites for hydroxylation is 1. The highest BCUT2D eigenvalue weighted by Gasteiger charge is 2.30. The van der Waals surface area contributed by atoms with E-state index < -0.39 is 5.97 Å². The summed E-state index contributed by atoms with van der Waals surface area (Å²) in [6.07, 6.45) is 3.18. The minimum atomic E-state index is -0.963. The maximum absolute atomic E-state index is 12.2. The standard InChI is InChI=1S/C16H19N3O5/c1-10-7-13(23-18-10)12-8-17-24-16(12)11-3-2-6-19(9-11)14(20)4-5-15(21)22/h7-8,11H,2-6,9H2,1H3,(H,21,22). The highest BCUT2D eigenvalue weighted by atomic mass is 16.5. The summed E-state index contributed by atoms with van der Waals surface area (Å²) >= 11 is 0. The van der Waals surface area contributed by atoms with Gasteiger partial charge in [-0.1, -0.05) is 10.3 Å². The van der Waals surface area contributed by atoms with Crippen LogP contribution in [0.15, 0.2) is 21.3 Å². The summed E-state index contributed by atoms with van der Waals surface area (Å²) in [5.41, 5.74) is 1.52. The zero-order chi connectivity index (χ0) is 17.1. The molecule has 8 heteroatoms. The van der Waals surface area contributed by atoms with Crippen molar-refractivity contribution < 1.29 is 23.7 Å². The second kappa shape index (κ2) is 6.86. The van der Waals surface area contributed by atoms with Crippen molar-refractivity contribution in [1.82, 2.24) is 15.2 Å². The van der Waals surface area contributed by atoms with Crippen molar-refractivity contribution in [3.8, 4) is 11.3 Å². The van der Waals surface area contributed by atoms with Gasteiger partial charge in [0.15, 0.2) is 11.5 Å². The van der Waals surface area contributed by atoms with Gasteiger partial charge in [-0.05, 0) is 19.8 Å². The number of hydrogen-bond donors (Lipinski definition) is 1. The van der Waals surface area contributed by atoms with Crippen LogP contribution in [0, 0.1) is 6.92 Å². The Hall–Kier alpha value is -2.64. The van der Waals surface area contributed by atoms with Crippen LogP contribution in [-0.2, 0) is 9.59 Å². The number of aromatic nitrogens is 2. The number of hydrogen-bond acceptors (Lipinski definition) is 6. The number of rotatable bonds is 5. The van der Waals surface area contributed by atoms with Crippen LogP contribution < -0.4 is 0 Å². The first-order chi connectivity index (χ1) is 11.5. The fourth-order valence-corrected chi connectivity index (χ4v) is 3.01. The topological polar surface area (TPSA) is 110 Å². The molecule has 128 valence electrons. The van der Waals surface area contributed by atoms with Gasteiger partial charge >= 0.3 is 5.97 Å². The number of carboxylic acids is 1. The SMILES string of the molecule is Cc1cc(-c2cnoc2C2CCCN(C(=O)CCC(=O)O)C2)on1. The fraction of sp³-hybridized carbons (Fsp3) is 0.500. The lowest BCUT2D eigenvalue weighted by molar-refractivity contribution is -0.141. The lowest BCUT2D eigenvalue weighted by atomic mass is 9.92. The molecule has 24 heavy (non-hydrogen) atoms. The van der Waals surface area contributed by atoms with Crippen LogP contribution in [0.5, 0.6) is 0 Å². The van der Waals surface area contributed by atoms with Gasteiger partial charge in [-0.25, -0.2) is 0 Å². The molecule has 0 spiro atoms. The molecule has 0 aromatic carbocycles. The summed E-state index contributed by atoms with van der Waals surface area (Å²) in [7, 11) is 0. The molecule has 0 radical (unpaired) electrons. The third-order valence-corrected chi connectivity index (χ3v) is 4.19. The Morgan fingerprint density at radius 1 is 1.38 bits per heavy atom. The molecule has 0 aliphatic carbocycles. The number of carbonyl (C=O) groups is 2. The number of aliphatic carboxylic acids is 1. The number of nitrogens with zero attached hydrogens (tertiary/aromatic N) is 3. The van der Waals surface area contributed by atoms with Gasteiger partial charge in [0, 0.05) is 31.5 Å². The Bertz CT molecular complexity index is 736. The average Bonchev–Trinajstić information content (AvgIpc) is 3.21. The Kier molecular flexibility index (Phi) is 4.64. The van der Waals surface area contributed by atoms with E-state index in [4.69, 9.17) is 14.2 Å². The fourth-order valence-electron chi connectivity index (χ4n) is 3.01. The van der Waals surface area contributed by atoms with Gasteiger partial charge in [0.25, 0.3) is 0 Å². The van der Waals surface area contributed by atoms with E-state index in [1.165, 1.54) is 0 Å². The maximum Gasteiger partial charge on any atom is 0.303 e. The zero-order valence-corrected chi connectivity index (χ0v) is 13.4. The van der Waals surface area contributed by atoms with Crippen LogP contribution >= 0.6 is 0 Å². The summed E-state index contributed by atoms with van der Waals surface area (Å²) < 4.78 is 10.7. The number of carboxylic acid groups (broad SMARTS) is 1. The van der Waals surface area contributed by atoms with Crippen molar-refractivity contribution in [1.29, 1.82) is 0 Å². The molecule has 1 aliphatic rings. The van der Waals surface area contributed by atoms with Crippen LogP contribution in [-0.4, -0.2) is 45.3 Å². The third-order valence-electron chi connectivity index (χ3n) is 4.19. The Labute approximate surface area is 138 Å². The summed E-state index contributed by atoms with van der Waals surface area (Å²) in [6.45, 7) is 2.97. The van der Waals surface area contributed by atoms with E-state index in [9.17, 15) is 9.59 Å². The molecular formula is C16H19N3O5. The van der Waals surface area contributed by atoms with Crippen molar-refractivity contribution >= 4 is 11.9 Å². The van der Waals surface area contributed by atoms with Crippen LogP contribution in [0.4, 0.5) is 0 Å². The van der Waals surface area contributed by atoms with Crippen molar-refractivity contribution in [3.63, 3.8) is 0 Å². The molecule has 1 aliphatic heterocycles. The molecule has 0 bridgehead atoms. The first kappa shape index (κ1) is 16.2. The average molecular weight is 333 g/mol. The van der Waals surface area contributed by atoms with E-state index in [1.807, 2.05) is 13.0 Å². The van der Waals surface area contributed by atoms with E-state index in [2.05, 4.69) is 10.3 Å². The van der Waals surface area contributed by atoms with Gasteiger partial charge in [-0.15, -0.1) is 0 Å². The Balaban J connectivity index is 1.73. The minimum absolute atomic E-state index is 0.00966. The second-order valence-corrected chi connectivity index (χ2v) is 6.01. The molecule has 2 aromatic rings. The molecule has 2 aromatic heterocycles. The Morgan fingerprint density at radius 3 is 2.92 bits per heavy atom. The largest absolute Gasteiger partial charge is 0.481 e. The lowest BCUT2D eigenvalue weighted by Crippen LogP contribution is -2.39. The van der Waals surface area contributed by atoms with E-state index in [0.717, 1.165) is 24.1 Å². The second-order valence-electron chi connectivity index (χ2n) is 6.01. The monoisotopic (exact) mass is 333 g/mol. The first-order valence-electron chi connectivity index (χ1n) is 7.92. The molecule has 0 saturated carbocycles. The molecule has 3 rings (SSSR count). The molecule has 1 fully saturated rings. The molecule has 3 heterocycles. The van der Waals surface area contributed by atoms with Crippen molar-refractivity contribution in [2.24, 2.45) is 0 Å². The third kappa shape index (κ3) is 3.47. The lowest BCUT2D eigenvalue weighted by Gasteiger charge is -2.31. The number of likely N-dealkylation sites (tertiary alicyclic amines) is 1. The smallest absolute Gasteiger partial charge is 0.303 e. The zero-order valence-electron chi connectivity index (χ0n) is 13.4. The summed E-state index contributed by atoms with van der Waals surface area (Å²) in [6, 6.07) is 1.81. The Morgan fingerprint density at radius 2 is 2.21 bits per heavy atom. The summed E-state index contributed by atoms with van der Waals surface area (Å²) in [5, 5.41) is 16.5. The van der Waals surface area contributed by atoms with Crippen molar-refractivity contribution in [2.75, 3.05) is 13.1 Å². The maximum atomic E-state index is 12.2. The predicted octanol–water partition coefficient (Wildman–Crippen LogP) is 2.21. The predicted molar refractivity (Wildman–Crippen MR) is 82.2 cm³/mol. The molecule has 1 amide bonds. The van der Waals surface area contributed by atoms with Crippen LogP contribution in [0.2, 0.25) is 0 Å². The van der Waals surface area contributed by atoms with Crippen LogP contribution in [0.3, 0.4) is 0 Å². The van der Waals surface area contributed by atoms with E-state index in [1.54, 1.807) is 11.1 Å². The molecule has 1 saturated heterocycles. The minimum Gasteiger partial charge on any atom is -0.481 e.